The van der Waals surface area contributed by atoms with Gasteiger partial charge in [-0.2, -0.15) is 0 Å². The van der Waals surface area contributed by atoms with E-state index in [1.54, 1.807) is 0 Å². The zero-order valence-corrected chi connectivity index (χ0v) is 15.0. The van der Waals surface area contributed by atoms with Crippen LogP contribution in [0.3, 0.4) is 0 Å². The zero-order chi connectivity index (χ0) is 18.5. The van der Waals surface area contributed by atoms with Crippen LogP contribution >= 0.6 is 0 Å². The Labute approximate surface area is 146 Å². The van der Waals surface area contributed by atoms with E-state index in [4.69, 9.17) is 9.84 Å². The normalized spacial score (nSPS) is 11.9. The third kappa shape index (κ3) is 4.92. The summed E-state index contributed by atoms with van der Waals surface area (Å²) >= 11 is 0. The van der Waals surface area contributed by atoms with Gasteiger partial charge in [0.15, 0.2) is 0 Å². The predicted molar refractivity (Wildman–Crippen MR) is 92.5 cm³/mol. The second-order valence-corrected chi connectivity index (χ2v) is 8.38. The number of anilines is 1. The summed E-state index contributed by atoms with van der Waals surface area (Å²) in [7, 11) is -6.07. The van der Waals surface area contributed by atoms with Crippen molar-refractivity contribution in [1.29, 1.82) is 0 Å². The summed E-state index contributed by atoms with van der Waals surface area (Å²) in [5.41, 5.74) is 0.219. The summed E-state index contributed by atoms with van der Waals surface area (Å²) in [5, 5.41) is 8.68. The van der Waals surface area contributed by atoms with E-state index >= 15 is 0 Å². The van der Waals surface area contributed by atoms with Gasteiger partial charge in [-0.25, -0.2) is 21.6 Å². The fourth-order valence-corrected chi connectivity index (χ4v) is 4.01. The van der Waals surface area contributed by atoms with Crippen LogP contribution in [0.25, 0.3) is 0 Å². The van der Waals surface area contributed by atoms with Gasteiger partial charge in [-0.15, -0.1) is 0 Å². The lowest BCUT2D eigenvalue weighted by Gasteiger charge is -2.10. The summed E-state index contributed by atoms with van der Waals surface area (Å²) in [4.78, 5) is 0.0166. The Morgan fingerprint density at radius 1 is 0.880 bits per heavy atom. The Morgan fingerprint density at radius 2 is 1.40 bits per heavy atom. The topological polar surface area (TPSA) is 122 Å². The van der Waals surface area contributed by atoms with E-state index in [-0.39, 0.29) is 28.6 Å². The minimum absolute atomic E-state index is 0.0339. The maximum atomic E-state index is 12.3. The summed E-state index contributed by atoms with van der Waals surface area (Å²) in [5.74, 6) is 0.531. The molecule has 0 bridgehead atoms. The Kier molecular flexibility index (Phi) is 6.01. The first kappa shape index (κ1) is 19.2. The summed E-state index contributed by atoms with van der Waals surface area (Å²) in [6.07, 6.45) is 0. The molecule has 0 amide bonds. The second-order valence-electron chi connectivity index (χ2n) is 4.93. The standard InChI is InChI=1S/C15H18N2O6S2/c1-23-13-4-8-15(9-5-13)25(21,22)17-12-2-6-14(7-3-12)24(19,20)16-10-11-18/h2-9,16-18H,10-11H2,1H3. The van der Waals surface area contributed by atoms with Crippen LogP contribution in [0.2, 0.25) is 0 Å². The molecule has 0 saturated carbocycles. The summed E-state index contributed by atoms with van der Waals surface area (Å²) in [6, 6.07) is 11.1. The SMILES string of the molecule is COc1ccc(S(=O)(=O)Nc2ccc(S(=O)(=O)NCCO)cc2)cc1. The average Bonchev–Trinajstić information content (AvgIpc) is 2.60. The van der Waals surface area contributed by atoms with Crippen LogP contribution in [0.5, 0.6) is 5.75 Å². The summed E-state index contributed by atoms with van der Waals surface area (Å²) in [6.45, 7) is -0.423. The van der Waals surface area contributed by atoms with Gasteiger partial charge < -0.3 is 9.84 Å². The first-order valence-electron chi connectivity index (χ1n) is 7.16. The van der Waals surface area contributed by atoms with Crippen LogP contribution in [0.1, 0.15) is 0 Å². The highest BCUT2D eigenvalue weighted by atomic mass is 32.2. The first-order valence-corrected chi connectivity index (χ1v) is 10.1. The third-order valence-corrected chi connectivity index (χ3v) is 6.06. The fraction of sp³-hybridized carbons (Fsp3) is 0.200. The maximum absolute atomic E-state index is 12.3. The molecule has 2 aromatic rings. The molecule has 0 fully saturated rings. The molecule has 0 aliphatic heterocycles. The Balaban J connectivity index is 2.17. The van der Waals surface area contributed by atoms with Gasteiger partial charge in [0.1, 0.15) is 5.75 Å². The van der Waals surface area contributed by atoms with Crippen LogP contribution in [-0.4, -0.2) is 42.2 Å². The fourth-order valence-electron chi connectivity index (χ4n) is 1.93. The highest BCUT2D eigenvalue weighted by Crippen LogP contribution is 2.20. The van der Waals surface area contributed by atoms with Crippen molar-refractivity contribution in [3.8, 4) is 5.75 Å². The minimum atomic E-state index is -3.80. The number of aliphatic hydroxyl groups excluding tert-OH is 1. The number of ether oxygens (including phenoxy) is 1. The molecule has 0 radical (unpaired) electrons. The molecule has 0 aliphatic carbocycles. The molecule has 0 aromatic heterocycles. The zero-order valence-electron chi connectivity index (χ0n) is 13.3. The van der Waals surface area contributed by atoms with Crippen molar-refractivity contribution in [3.63, 3.8) is 0 Å². The quantitative estimate of drug-likeness (QED) is 0.616. The lowest BCUT2D eigenvalue weighted by Crippen LogP contribution is -2.26. The monoisotopic (exact) mass is 386 g/mol. The number of aliphatic hydroxyl groups is 1. The van der Waals surface area contributed by atoms with E-state index < -0.39 is 20.0 Å². The van der Waals surface area contributed by atoms with Gasteiger partial charge >= 0.3 is 0 Å². The van der Waals surface area contributed by atoms with Crippen LogP contribution in [0.4, 0.5) is 5.69 Å². The molecule has 0 saturated heterocycles. The largest absolute Gasteiger partial charge is 0.497 e. The van der Waals surface area contributed by atoms with E-state index in [0.717, 1.165) is 0 Å². The maximum Gasteiger partial charge on any atom is 0.261 e. The molecule has 10 heteroatoms. The van der Waals surface area contributed by atoms with Crippen molar-refractivity contribution in [2.24, 2.45) is 0 Å². The van der Waals surface area contributed by atoms with Crippen LogP contribution in [-0.2, 0) is 20.0 Å². The van der Waals surface area contributed by atoms with Gasteiger partial charge in [-0.3, -0.25) is 4.72 Å². The highest BCUT2D eigenvalue weighted by Gasteiger charge is 2.16. The Morgan fingerprint density at radius 3 is 1.92 bits per heavy atom. The van der Waals surface area contributed by atoms with Crippen LogP contribution < -0.4 is 14.2 Å². The van der Waals surface area contributed by atoms with Crippen LogP contribution in [0, 0.1) is 0 Å². The number of hydrogen-bond donors (Lipinski definition) is 3. The average molecular weight is 386 g/mol. The van der Waals surface area contributed by atoms with Crippen molar-refractivity contribution in [1.82, 2.24) is 4.72 Å². The highest BCUT2D eigenvalue weighted by molar-refractivity contribution is 7.92. The second kappa shape index (κ2) is 7.83. The first-order chi connectivity index (χ1) is 11.8. The lowest BCUT2D eigenvalue weighted by molar-refractivity contribution is 0.301. The van der Waals surface area contributed by atoms with Gasteiger partial charge in [0, 0.05) is 12.2 Å². The molecule has 0 spiro atoms. The van der Waals surface area contributed by atoms with E-state index in [1.807, 2.05) is 0 Å². The molecule has 3 N–H and O–H groups in total. The molecular formula is C15H18N2O6S2. The molecule has 25 heavy (non-hydrogen) atoms. The Bertz CT molecular complexity index is 907. The number of nitrogens with one attached hydrogen (secondary N) is 2. The Hall–Kier alpha value is -2.14. The van der Waals surface area contributed by atoms with Gasteiger partial charge in [-0.1, -0.05) is 0 Å². The number of hydrogen-bond acceptors (Lipinski definition) is 6. The van der Waals surface area contributed by atoms with Gasteiger partial charge in [-0.05, 0) is 48.5 Å². The van der Waals surface area contributed by atoms with Crippen molar-refractivity contribution in [2.75, 3.05) is 25.0 Å². The number of rotatable bonds is 8. The van der Waals surface area contributed by atoms with Gasteiger partial charge in [0.2, 0.25) is 10.0 Å². The minimum Gasteiger partial charge on any atom is -0.497 e. The van der Waals surface area contributed by atoms with Crippen molar-refractivity contribution < 1.29 is 26.7 Å². The lowest BCUT2D eigenvalue weighted by atomic mass is 10.3. The molecule has 136 valence electrons. The van der Waals surface area contributed by atoms with Gasteiger partial charge in [0.25, 0.3) is 10.0 Å². The van der Waals surface area contributed by atoms with Crippen molar-refractivity contribution >= 4 is 25.7 Å². The smallest absolute Gasteiger partial charge is 0.261 e. The van der Waals surface area contributed by atoms with E-state index in [2.05, 4.69) is 9.44 Å². The van der Waals surface area contributed by atoms with E-state index in [9.17, 15) is 16.8 Å². The number of benzene rings is 2. The molecule has 8 nitrogen and oxygen atoms in total. The predicted octanol–water partition coefficient (Wildman–Crippen LogP) is 0.767. The van der Waals surface area contributed by atoms with Crippen LogP contribution in [0.15, 0.2) is 58.3 Å². The molecule has 0 heterocycles. The molecule has 2 aromatic carbocycles. The number of methoxy groups -OCH3 is 1. The summed E-state index contributed by atoms with van der Waals surface area (Å²) < 4.78 is 58.0. The van der Waals surface area contributed by atoms with Gasteiger partial charge in [0.05, 0.1) is 23.5 Å². The van der Waals surface area contributed by atoms with Crippen molar-refractivity contribution in [2.45, 2.75) is 9.79 Å². The molecule has 0 atom stereocenters. The number of sulfonamides is 2. The van der Waals surface area contributed by atoms with E-state index in [0.29, 0.717) is 5.75 Å². The molecule has 0 unspecified atom stereocenters. The van der Waals surface area contributed by atoms with Crippen molar-refractivity contribution in [3.05, 3.63) is 48.5 Å². The molecular weight excluding hydrogens is 368 g/mol. The molecule has 2 rings (SSSR count). The van der Waals surface area contributed by atoms with E-state index in [1.165, 1.54) is 55.6 Å². The molecule has 0 aliphatic rings. The third-order valence-electron chi connectivity index (χ3n) is 3.19.